The number of carboxylic acid groups (broad SMARTS) is 1. The number of hydrogen-bond donors (Lipinski definition) is 2. The van der Waals surface area contributed by atoms with Crippen LogP contribution in [0.2, 0.25) is 10.0 Å². The van der Waals surface area contributed by atoms with Crippen molar-refractivity contribution >= 4 is 40.7 Å². The number of aliphatic hydroxyl groups excluding tert-OH is 1. The largest absolute Gasteiger partial charge is 0.507 e. The van der Waals surface area contributed by atoms with Crippen molar-refractivity contribution in [3.63, 3.8) is 0 Å². The molecule has 0 amide bonds. The predicted octanol–water partition coefficient (Wildman–Crippen LogP) is 2.55. The summed E-state index contributed by atoms with van der Waals surface area (Å²) in [6.45, 7) is 0. The van der Waals surface area contributed by atoms with E-state index >= 15 is 0 Å². The van der Waals surface area contributed by atoms with Gasteiger partial charge >= 0.3 is 5.97 Å². The smallest absolute Gasteiger partial charge is 0.376 e. The summed E-state index contributed by atoms with van der Waals surface area (Å²) in [6, 6.07) is 4.21. The molecule has 2 N–H and O–H groups in total. The predicted molar refractivity (Wildman–Crippen MR) is 59.7 cm³/mol. The minimum atomic E-state index is -1.66. The van der Waals surface area contributed by atoms with Crippen molar-refractivity contribution < 1.29 is 19.8 Å². The third kappa shape index (κ3) is 2.98. The van der Waals surface area contributed by atoms with Crippen LogP contribution in [0.15, 0.2) is 24.3 Å². The number of halogens is 2. The maximum absolute atomic E-state index is 10.8. The van der Waals surface area contributed by atoms with E-state index in [1.807, 2.05) is 0 Å². The van der Waals surface area contributed by atoms with Crippen LogP contribution in [-0.2, 0) is 9.59 Å². The number of benzene rings is 1. The molecule has 4 nitrogen and oxygen atoms in total. The number of ketones is 1. The molecule has 0 saturated carbocycles. The zero-order valence-electron chi connectivity index (χ0n) is 7.78. The first kappa shape index (κ1) is 12.5. The molecule has 6 heteroatoms. The van der Waals surface area contributed by atoms with E-state index in [1.54, 1.807) is 0 Å². The second-order valence-corrected chi connectivity index (χ2v) is 3.67. The highest BCUT2D eigenvalue weighted by Gasteiger charge is 2.12. The minimum Gasteiger partial charge on any atom is -0.507 e. The van der Waals surface area contributed by atoms with Gasteiger partial charge in [-0.25, -0.2) is 4.79 Å². The minimum absolute atomic E-state index is 0.124. The van der Waals surface area contributed by atoms with E-state index in [4.69, 9.17) is 28.3 Å². The normalized spacial score (nSPS) is 11.2. The molecule has 0 radical (unpaired) electrons. The van der Waals surface area contributed by atoms with Gasteiger partial charge in [-0.3, -0.25) is 4.79 Å². The molecule has 0 spiro atoms. The standard InChI is InChI=1S/C10H6Cl2O4/c11-5-1-2-6(7(12)3-5)8(13)4-9(14)10(15)16/h1-4,13H,(H,15,16). The lowest BCUT2D eigenvalue weighted by atomic mass is 10.1. The quantitative estimate of drug-likeness (QED) is 0.498. The number of hydrogen-bond acceptors (Lipinski definition) is 3. The van der Waals surface area contributed by atoms with Crippen LogP contribution in [0.3, 0.4) is 0 Å². The molecule has 1 aromatic rings. The molecule has 0 aliphatic carbocycles. The molecule has 0 unspecified atom stereocenters. The first-order valence-electron chi connectivity index (χ1n) is 4.05. The molecule has 0 aliphatic rings. The van der Waals surface area contributed by atoms with E-state index in [2.05, 4.69) is 0 Å². The zero-order valence-corrected chi connectivity index (χ0v) is 9.29. The summed E-state index contributed by atoms with van der Waals surface area (Å²) >= 11 is 11.4. The van der Waals surface area contributed by atoms with E-state index in [9.17, 15) is 14.7 Å². The Bertz CT molecular complexity index is 480. The van der Waals surface area contributed by atoms with E-state index in [1.165, 1.54) is 18.2 Å². The van der Waals surface area contributed by atoms with Crippen LogP contribution in [-0.4, -0.2) is 22.0 Å². The molecule has 1 aromatic carbocycles. The summed E-state index contributed by atoms with van der Waals surface area (Å²) in [5, 5.41) is 18.3. The van der Waals surface area contributed by atoms with Crippen LogP contribution < -0.4 is 0 Å². The van der Waals surface area contributed by atoms with Crippen molar-refractivity contribution in [3.05, 3.63) is 39.9 Å². The molecule has 0 saturated heterocycles. The van der Waals surface area contributed by atoms with Crippen molar-refractivity contribution in [2.45, 2.75) is 0 Å². The SMILES string of the molecule is O=C(O)C(=O)C=C(O)c1ccc(Cl)cc1Cl. The molecular formula is C10H6Cl2O4. The highest BCUT2D eigenvalue weighted by Crippen LogP contribution is 2.25. The van der Waals surface area contributed by atoms with Gasteiger partial charge in [-0.2, -0.15) is 0 Å². The Labute approximate surface area is 101 Å². The Morgan fingerprint density at radius 1 is 1.19 bits per heavy atom. The molecule has 1 rings (SSSR count). The monoisotopic (exact) mass is 260 g/mol. The fourth-order valence-corrected chi connectivity index (χ4v) is 1.47. The second-order valence-electron chi connectivity index (χ2n) is 2.82. The van der Waals surface area contributed by atoms with Crippen LogP contribution in [0, 0.1) is 0 Å². The summed E-state index contributed by atoms with van der Waals surface area (Å²) in [5.74, 6) is -3.41. The van der Waals surface area contributed by atoms with Gasteiger partial charge in [-0.05, 0) is 18.2 Å². The molecule has 0 fully saturated rings. The first-order chi connectivity index (χ1) is 7.41. The summed E-state index contributed by atoms with van der Waals surface area (Å²) in [6.07, 6.45) is 0.581. The fraction of sp³-hybridized carbons (Fsp3) is 0. The van der Waals surface area contributed by atoms with Crippen LogP contribution in [0.25, 0.3) is 5.76 Å². The molecular weight excluding hydrogens is 255 g/mol. The number of carboxylic acids is 1. The van der Waals surface area contributed by atoms with Crippen LogP contribution in [0.4, 0.5) is 0 Å². The molecule has 0 aliphatic heterocycles. The highest BCUT2D eigenvalue weighted by molar-refractivity contribution is 6.39. The maximum Gasteiger partial charge on any atom is 0.376 e. The van der Waals surface area contributed by atoms with E-state index < -0.39 is 17.5 Å². The Morgan fingerprint density at radius 3 is 2.31 bits per heavy atom. The number of carbonyl (C=O) groups excluding carboxylic acids is 1. The number of aliphatic hydroxyl groups is 1. The van der Waals surface area contributed by atoms with Gasteiger partial charge in [0, 0.05) is 16.7 Å². The molecule has 0 bridgehead atoms. The highest BCUT2D eigenvalue weighted by atomic mass is 35.5. The van der Waals surface area contributed by atoms with Gasteiger partial charge < -0.3 is 10.2 Å². The van der Waals surface area contributed by atoms with Crippen molar-refractivity contribution in [2.75, 3.05) is 0 Å². The van der Waals surface area contributed by atoms with E-state index in [0.717, 1.165) is 0 Å². The Hall–Kier alpha value is -1.52. The number of aliphatic carboxylic acids is 1. The van der Waals surface area contributed by atoms with Gasteiger partial charge in [0.2, 0.25) is 0 Å². The number of carbonyl (C=O) groups is 2. The van der Waals surface area contributed by atoms with E-state index in [-0.39, 0.29) is 10.6 Å². The second kappa shape index (κ2) is 5.01. The third-order valence-corrected chi connectivity index (χ3v) is 2.23. The summed E-state index contributed by atoms with van der Waals surface area (Å²) < 4.78 is 0. The molecule has 0 aromatic heterocycles. The van der Waals surface area contributed by atoms with Crippen molar-refractivity contribution in [1.29, 1.82) is 0 Å². The van der Waals surface area contributed by atoms with Crippen LogP contribution >= 0.6 is 23.2 Å². The average molecular weight is 261 g/mol. The van der Waals surface area contributed by atoms with Crippen LogP contribution in [0.5, 0.6) is 0 Å². The lowest BCUT2D eigenvalue weighted by Crippen LogP contribution is -2.09. The van der Waals surface area contributed by atoms with Gasteiger partial charge in [0.05, 0.1) is 5.02 Å². The summed E-state index contributed by atoms with van der Waals surface area (Å²) in [5.41, 5.74) is 0.140. The maximum atomic E-state index is 10.8. The van der Waals surface area contributed by atoms with Crippen molar-refractivity contribution in [3.8, 4) is 0 Å². The van der Waals surface area contributed by atoms with Gasteiger partial charge in [0.25, 0.3) is 5.78 Å². The molecule has 16 heavy (non-hydrogen) atoms. The number of rotatable bonds is 3. The molecule has 0 heterocycles. The van der Waals surface area contributed by atoms with Gasteiger partial charge in [0.1, 0.15) is 5.76 Å². The lowest BCUT2D eigenvalue weighted by molar-refractivity contribution is -0.146. The van der Waals surface area contributed by atoms with Gasteiger partial charge in [-0.15, -0.1) is 0 Å². The summed E-state index contributed by atoms with van der Waals surface area (Å²) in [4.78, 5) is 21.0. The fourth-order valence-electron chi connectivity index (χ4n) is 0.961. The van der Waals surface area contributed by atoms with Crippen LogP contribution in [0.1, 0.15) is 5.56 Å². The molecule has 84 valence electrons. The molecule has 0 atom stereocenters. The third-order valence-electron chi connectivity index (χ3n) is 1.69. The summed E-state index contributed by atoms with van der Waals surface area (Å²) in [7, 11) is 0. The Morgan fingerprint density at radius 2 is 1.81 bits per heavy atom. The first-order valence-corrected chi connectivity index (χ1v) is 4.80. The zero-order chi connectivity index (χ0) is 12.3. The van der Waals surface area contributed by atoms with Gasteiger partial charge in [-0.1, -0.05) is 23.2 Å². The van der Waals surface area contributed by atoms with E-state index in [0.29, 0.717) is 11.1 Å². The Balaban J connectivity index is 3.10. The van der Waals surface area contributed by atoms with Crippen molar-refractivity contribution in [1.82, 2.24) is 0 Å². The van der Waals surface area contributed by atoms with Gasteiger partial charge in [0.15, 0.2) is 0 Å². The average Bonchev–Trinajstić information content (AvgIpc) is 2.16. The lowest BCUT2D eigenvalue weighted by Gasteiger charge is -2.02. The van der Waals surface area contributed by atoms with Crippen molar-refractivity contribution in [2.24, 2.45) is 0 Å². The topological polar surface area (TPSA) is 74.6 Å². The Kier molecular flexibility index (Phi) is 3.93.